The molecular formula is C8H10O3S. The molecule has 0 aliphatic rings. The van der Waals surface area contributed by atoms with Gasteiger partial charge in [-0.05, 0) is 12.1 Å². The first-order valence-electron chi connectivity index (χ1n) is 3.43. The maximum atomic E-state index is 11.3. The average molecular weight is 186 g/mol. The van der Waals surface area contributed by atoms with E-state index >= 15 is 0 Å². The van der Waals surface area contributed by atoms with Crippen LogP contribution in [0.5, 0.6) is 0 Å². The monoisotopic (exact) mass is 186 g/mol. The van der Waals surface area contributed by atoms with Crippen LogP contribution in [-0.2, 0) is 14.6 Å². The highest BCUT2D eigenvalue weighted by molar-refractivity contribution is 7.91. The molecule has 0 bridgehead atoms. The molecule has 66 valence electrons. The van der Waals surface area contributed by atoms with Gasteiger partial charge in [-0.3, -0.25) is 0 Å². The second-order valence-corrected chi connectivity index (χ2v) is 4.27. The van der Waals surface area contributed by atoms with Gasteiger partial charge in [0.2, 0.25) is 9.84 Å². The largest absolute Gasteiger partial charge is 0.368 e. The fourth-order valence-electron chi connectivity index (χ4n) is 0.851. The van der Waals surface area contributed by atoms with Gasteiger partial charge in [-0.25, -0.2) is 8.42 Å². The number of hydrogen-bond acceptors (Lipinski definition) is 3. The van der Waals surface area contributed by atoms with E-state index in [-0.39, 0.29) is 5.94 Å². The first-order valence-corrected chi connectivity index (χ1v) is 5.09. The molecule has 0 unspecified atom stereocenters. The summed E-state index contributed by atoms with van der Waals surface area (Å²) in [5.74, 6) is -0.267. The van der Waals surface area contributed by atoms with Crippen molar-refractivity contribution in [3.05, 3.63) is 30.3 Å². The second kappa shape index (κ2) is 3.69. The lowest BCUT2D eigenvalue weighted by atomic mass is 10.4. The molecule has 1 rings (SSSR count). The number of benzene rings is 1. The van der Waals surface area contributed by atoms with Crippen LogP contribution in [0.4, 0.5) is 0 Å². The van der Waals surface area contributed by atoms with Crippen molar-refractivity contribution >= 4 is 9.84 Å². The highest BCUT2D eigenvalue weighted by Crippen LogP contribution is 2.09. The van der Waals surface area contributed by atoms with Crippen LogP contribution in [0.3, 0.4) is 0 Å². The van der Waals surface area contributed by atoms with E-state index in [4.69, 9.17) is 0 Å². The Morgan fingerprint density at radius 3 is 2.33 bits per heavy atom. The lowest BCUT2D eigenvalue weighted by molar-refractivity contribution is 0.250. The molecule has 0 amide bonds. The van der Waals surface area contributed by atoms with Crippen molar-refractivity contribution in [2.45, 2.75) is 4.90 Å². The van der Waals surface area contributed by atoms with Gasteiger partial charge in [0.1, 0.15) is 0 Å². The predicted molar refractivity (Wildman–Crippen MR) is 45.5 cm³/mol. The van der Waals surface area contributed by atoms with Gasteiger partial charge in [-0.15, -0.1) is 0 Å². The first-order chi connectivity index (χ1) is 5.67. The Morgan fingerprint density at radius 1 is 1.25 bits per heavy atom. The molecule has 4 heteroatoms. The molecule has 0 aliphatic heterocycles. The van der Waals surface area contributed by atoms with E-state index < -0.39 is 9.84 Å². The van der Waals surface area contributed by atoms with E-state index in [9.17, 15) is 8.42 Å². The van der Waals surface area contributed by atoms with Crippen LogP contribution in [0.15, 0.2) is 35.2 Å². The summed E-state index contributed by atoms with van der Waals surface area (Å²) in [5.41, 5.74) is 0. The van der Waals surface area contributed by atoms with Crippen LogP contribution in [0.1, 0.15) is 0 Å². The molecule has 12 heavy (non-hydrogen) atoms. The van der Waals surface area contributed by atoms with E-state index in [0.717, 1.165) is 0 Å². The molecule has 1 aromatic rings. The van der Waals surface area contributed by atoms with Crippen LogP contribution in [0.2, 0.25) is 0 Å². The maximum Gasteiger partial charge on any atom is 0.202 e. The van der Waals surface area contributed by atoms with Crippen LogP contribution in [0.25, 0.3) is 0 Å². The molecule has 0 aromatic heterocycles. The molecule has 0 saturated heterocycles. The number of rotatable bonds is 3. The minimum atomic E-state index is -3.23. The van der Waals surface area contributed by atoms with Crippen molar-refractivity contribution in [2.24, 2.45) is 0 Å². The molecular weight excluding hydrogens is 176 g/mol. The van der Waals surface area contributed by atoms with E-state index in [1.165, 1.54) is 7.11 Å². The van der Waals surface area contributed by atoms with Crippen molar-refractivity contribution in [1.82, 2.24) is 0 Å². The van der Waals surface area contributed by atoms with Gasteiger partial charge in [-0.2, -0.15) is 0 Å². The number of sulfone groups is 1. The molecule has 0 N–H and O–H groups in total. The van der Waals surface area contributed by atoms with Gasteiger partial charge in [0.05, 0.1) is 4.90 Å². The van der Waals surface area contributed by atoms with E-state index in [1.54, 1.807) is 30.3 Å². The SMILES string of the molecule is COCS(=O)(=O)c1ccccc1. The third-order valence-corrected chi connectivity index (χ3v) is 2.91. The van der Waals surface area contributed by atoms with E-state index in [1.807, 2.05) is 0 Å². The zero-order valence-electron chi connectivity index (χ0n) is 6.73. The summed E-state index contributed by atoms with van der Waals surface area (Å²) in [6.45, 7) is 0. The summed E-state index contributed by atoms with van der Waals surface area (Å²) in [4.78, 5) is 0.298. The summed E-state index contributed by atoms with van der Waals surface area (Å²) in [6.07, 6.45) is 0. The van der Waals surface area contributed by atoms with Crippen molar-refractivity contribution in [1.29, 1.82) is 0 Å². The molecule has 0 radical (unpaired) electrons. The second-order valence-electron chi connectivity index (χ2n) is 2.33. The molecule has 0 spiro atoms. The van der Waals surface area contributed by atoms with Gasteiger partial charge in [0, 0.05) is 7.11 Å². The number of methoxy groups -OCH3 is 1. The first kappa shape index (κ1) is 9.22. The molecule has 0 fully saturated rings. The van der Waals surface area contributed by atoms with Crippen molar-refractivity contribution in [2.75, 3.05) is 13.0 Å². The Hall–Kier alpha value is -0.870. The van der Waals surface area contributed by atoms with Crippen molar-refractivity contribution in [3.63, 3.8) is 0 Å². The number of ether oxygens (including phenoxy) is 1. The van der Waals surface area contributed by atoms with Gasteiger partial charge in [0.25, 0.3) is 0 Å². The Bertz CT molecular complexity index is 329. The molecule has 0 atom stereocenters. The zero-order chi connectivity index (χ0) is 9.03. The third kappa shape index (κ3) is 2.06. The molecule has 0 heterocycles. The van der Waals surface area contributed by atoms with Gasteiger partial charge in [-0.1, -0.05) is 18.2 Å². The normalized spacial score (nSPS) is 11.4. The molecule has 0 aliphatic carbocycles. The Labute approximate surface area is 71.9 Å². The third-order valence-electron chi connectivity index (χ3n) is 1.38. The topological polar surface area (TPSA) is 43.4 Å². The maximum absolute atomic E-state index is 11.3. The lowest BCUT2D eigenvalue weighted by Gasteiger charge is -2.01. The summed E-state index contributed by atoms with van der Waals surface area (Å²) < 4.78 is 27.2. The highest BCUT2D eigenvalue weighted by Gasteiger charge is 2.11. The van der Waals surface area contributed by atoms with Gasteiger partial charge < -0.3 is 4.74 Å². The summed E-state index contributed by atoms with van der Waals surface area (Å²) in [5, 5.41) is 0. The van der Waals surface area contributed by atoms with Crippen molar-refractivity contribution in [3.8, 4) is 0 Å². The fraction of sp³-hybridized carbons (Fsp3) is 0.250. The molecule has 0 saturated carbocycles. The Balaban J connectivity index is 2.99. The van der Waals surface area contributed by atoms with Gasteiger partial charge in [0.15, 0.2) is 5.94 Å². The van der Waals surface area contributed by atoms with Crippen LogP contribution < -0.4 is 0 Å². The minimum Gasteiger partial charge on any atom is -0.368 e. The quantitative estimate of drug-likeness (QED) is 0.709. The van der Waals surface area contributed by atoms with E-state index in [2.05, 4.69) is 4.74 Å². The van der Waals surface area contributed by atoms with Gasteiger partial charge >= 0.3 is 0 Å². The predicted octanol–water partition coefficient (Wildman–Crippen LogP) is 1.06. The van der Waals surface area contributed by atoms with Crippen LogP contribution in [0, 0.1) is 0 Å². The Kier molecular flexibility index (Phi) is 2.83. The highest BCUT2D eigenvalue weighted by atomic mass is 32.2. The minimum absolute atomic E-state index is 0.267. The van der Waals surface area contributed by atoms with E-state index in [0.29, 0.717) is 4.90 Å². The molecule has 1 aromatic carbocycles. The molecule has 3 nitrogen and oxygen atoms in total. The standard InChI is InChI=1S/C8H10O3S/c1-11-7-12(9,10)8-5-3-2-4-6-8/h2-6H,7H2,1H3. The smallest absolute Gasteiger partial charge is 0.202 e. The average Bonchev–Trinajstić information content (AvgIpc) is 2.06. The number of hydrogen-bond donors (Lipinski definition) is 0. The summed E-state index contributed by atoms with van der Waals surface area (Å²) in [7, 11) is -1.87. The zero-order valence-corrected chi connectivity index (χ0v) is 7.54. The fourth-order valence-corrected chi connectivity index (χ4v) is 1.87. The summed E-state index contributed by atoms with van der Waals surface area (Å²) in [6, 6.07) is 8.24. The summed E-state index contributed by atoms with van der Waals surface area (Å²) >= 11 is 0. The van der Waals surface area contributed by atoms with Crippen LogP contribution in [-0.4, -0.2) is 21.5 Å². The van der Waals surface area contributed by atoms with Crippen molar-refractivity contribution < 1.29 is 13.2 Å². The van der Waals surface area contributed by atoms with Crippen LogP contribution >= 0.6 is 0 Å². The lowest BCUT2D eigenvalue weighted by Crippen LogP contribution is -2.07. The Morgan fingerprint density at radius 2 is 1.83 bits per heavy atom.